The molecule has 4 aromatic rings. The van der Waals surface area contributed by atoms with Gasteiger partial charge in [-0.3, -0.25) is 9.71 Å². The number of rotatable bonds is 6. The van der Waals surface area contributed by atoms with Crippen LogP contribution in [-0.2, 0) is 10.0 Å². The molecule has 2 atom stereocenters. The number of halogens is 2. The highest BCUT2D eigenvalue weighted by molar-refractivity contribution is 7.92. The third kappa shape index (κ3) is 5.11. The molecule has 0 radical (unpaired) electrons. The zero-order valence-corrected chi connectivity index (χ0v) is 24.0. The van der Waals surface area contributed by atoms with Crippen LogP contribution in [0.25, 0.3) is 5.69 Å². The fraction of sp³-hybridized carbons (Fsp3) is 0.185. The highest BCUT2D eigenvalue weighted by Crippen LogP contribution is 2.44. The van der Waals surface area contributed by atoms with Crippen LogP contribution in [0.15, 0.2) is 72.9 Å². The molecule has 0 amide bonds. The Labute approximate surface area is 237 Å². The molecule has 0 bridgehead atoms. The maximum Gasteiger partial charge on any atom is 0.229 e. The van der Waals surface area contributed by atoms with Crippen LogP contribution in [0.4, 0.5) is 11.4 Å². The van der Waals surface area contributed by atoms with E-state index >= 15 is 0 Å². The van der Waals surface area contributed by atoms with Gasteiger partial charge in [0.15, 0.2) is 5.11 Å². The molecule has 1 saturated heterocycles. The third-order valence-electron chi connectivity index (χ3n) is 6.49. The standard InChI is InChI=1S/C27H25Cl2N5O2S2/c1-16-14-21(17(2)33(16)24-12-7-18(28)15-22(24)29)26-25(23-6-4-5-13-30-23)31-27(37)34(26)20-10-8-19(9-11-20)32-38(3,35)36/h4-15,25-26,32H,1-3H3,(H,31,37)/t25-,26+/m1/s1. The largest absolute Gasteiger partial charge is 0.351 e. The van der Waals surface area contributed by atoms with Crippen molar-refractivity contribution in [3.8, 4) is 5.69 Å². The van der Waals surface area contributed by atoms with Gasteiger partial charge in [0, 0.05) is 34.0 Å². The van der Waals surface area contributed by atoms with E-state index in [2.05, 4.69) is 37.5 Å². The van der Waals surface area contributed by atoms with E-state index in [4.69, 9.17) is 35.4 Å². The van der Waals surface area contributed by atoms with E-state index in [-0.39, 0.29) is 12.1 Å². The highest BCUT2D eigenvalue weighted by atomic mass is 35.5. The van der Waals surface area contributed by atoms with Crippen molar-refractivity contribution >= 4 is 61.9 Å². The van der Waals surface area contributed by atoms with Crippen molar-refractivity contribution in [2.75, 3.05) is 15.9 Å². The smallest absolute Gasteiger partial charge is 0.229 e. The molecule has 1 aliphatic rings. The predicted octanol–water partition coefficient (Wildman–Crippen LogP) is 6.34. The van der Waals surface area contributed by atoms with Crippen LogP contribution in [0.2, 0.25) is 10.0 Å². The molecule has 0 saturated carbocycles. The Bertz CT molecular complexity index is 1620. The monoisotopic (exact) mass is 585 g/mol. The average molecular weight is 587 g/mol. The summed E-state index contributed by atoms with van der Waals surface area (Å²) in [5.41, 5.74) is 6.04. The number of nitrogens with one attached hydrogen (secondary N) is 2. The number of aromatic nitrogens is 2. The van der Waals surface area contributed by atoms with Gasteiger partial charge < -0.3 is 14.8 Å². The van der Waals surface area contributed by atoms with Gasteiger partial charge in [-0.1, -0.05) is 29.3 Å². The maximum absolute atomic E-state index is 11.7. The number of aryl methyl sites for hydroxylation is 1. The van der Waals surface area contributed by atoms with Crippen molar-refractivity contribution in [1.82, 2.24) is 14.9 Å². The van der Waals surface area contributed by atoms with Crippen molar-refractivity contribution in [2.45, 2.75) is 25.9 Å². The van der Waals surface area contributed by atoms with Crippen molar-refractivity contribution < 1.29 is 8.42 Å². The van der Waals surface area contributed by atoms with Gasteiger partial charge in [0.1, 0.15) is 0 Å². The van der Waals surface area contributed by atoms with E-state index in [9.17, 15) is 8.42 Å². The lowest BCUT2D eigenvalue weighted by atomic mass is 9.96. The van der Waals surface area contributed by atoms with Crippen LogP contribution in [0, 0.1) is 13.8 Å². The van der Waals surface area contributed by atoms with Gasteiger partial charge in [-0.25, -0.2) is 8.42 Å². The quantitative estimate of drug-likeness (QED) is 0.257. The van der Waals surface area contributed by atoms with Crippen LogP contribution in [0.3, 0.4) is 0 Å². The zero-order chi connectivity index (χ0) is 27.2. The summed E-state index contributed by atoms with van der Waals surface area (Å²) in [4.78, 5) is 6.68. The Hall–Kier alpha value is -3.11. The molecule has 196 valence electrons. The van der Waals surface area contributed by atoms with Crippen molar-refractivity contribution in [3.05, 3.63) is 106 Å². The maximum atomic E-state index is 11.7. The minimum absolute atomic E-state index is 0.229. The molecule has 1 aliphatic heterocycles. The number of hydrogen-bond acceptors (Lipinski definition) is 4. The summed E-state index contributed by atoms with van der Waals surface area (Å²) < 4.78 is 28.0. The van der Waals surface area contributed by atoms with E-state index in [0.29, 0.717) is 20.8 Å². The average Bonchev–Trinajstić information content (AvgIpc) is 3.35. The van der Waals surface area contributed by atoms with Gasteiger partial charge in [-0.05, 0) is 92.3 Å². The van der Waals surface area contributed by atoms with Crippen LogP contribution in [0.1, 0.15) is 34.7 Å². The van der Waals surface area contributed by atoms with Gasteiger partial charge in [-0.2, -0.15) is 0 Å². The van der Waals surface area contributed by atoms with Crippen LogP contribution < -0.4 is 14.9 Å². The number of thiocarbonyl (C=S) groups is 1. The number of sulfonamides is 1. The Morgan fingerprint density at radius 1 is 1.03 bits per heavy atom. The van der Waals surface area contributed by atoms with E-state index in [1.54, 1.807) is 24.4 Å². The lowest BCUT2D eigenvalue weighted by Crippen LogP contribution is -2.29. The molecule has 5 rings (SSSR count). The second-order valence-electron chi connectivity index (χ2n) is 9.18. The summed E-state index contributed by atoms with van der Waals surface area (Å²) in [7, 11) is -3.39. The molecule has 38 heavy (non-hydrogen) atoms. The topological polar surface area (TPSA) is 79.3 Å². The van der Waals surface area contributed by atoms with E-state index < -0.39 is 10.0 Å². The van der Waals surface area contributed by atoms with Crippen LogP contribution >= 0.6 is 35.4 Å². The van der Waals surface area contributed by atoms with Crippen molar-refractivity contribution in [2.24, 2.45) is 0 Å². The van der Waals surface area contributed by atoms with E-state index in [1.807, 2.05) is 49.4 Å². The summed E-state index contributed by atoms with van der Waals surface area (Å²) in [5.74, 6) is 0. The first-order chi connectivity index (χ1) is 18.0. The minimum atomic E-state index is -3.39. The molecule has 2 aromatic carbocycles. The molecular formula is C27H25Cl2N5O2S2. The number of pyridine rings is 1. The Morgan fingerprint density at radius 2 is 1.76 bits per heavy atom. The Kier molecular flexibility index (Phi) is 7.13. The van der Waals surface area contributed by atoms with Gasteiger partial charge in [0.05, 0.1) is 34.7 Å². The molecule has 7 nitrogen and oxygen atoms in total. The van der Waals surface area contributed by atoms with Crippen molar-refractivity contribution in [3.63, 3.8) is 0 Å². The first kappa shape index (κ1) is 26.5. The van der Waals surface area contributed by atoms with Gasteiger partial charge in [-0.15, -0.1) is 0 Å². The lowest BCUT2D eigenvalue weighted by Gasteiger charge is -2.28. The third-order valence-corrected chi connectivity index (χ3v) is 7.95. The molecule has 11 heteroatoms. The van der Waals surface area contributed by atoms with Crippen molar-refractivity contribution in [1.29, 1.82) is 0 Å². The normalized spacial score (nSPS) is 17.5. The SMILES string of the molecule is Cc1cc([C@H]2[C@@H](c3ccccn3)NC(=S)N2c2ccc(NS(C)(=O)=O)cc2)c(C)n1-c1ccc(Cl)cc1Cl. The lowest BCUT2D eigenvalue weighted by molar-refractivity contribution is 0.565. The number of nitrogens with zero attached hydrogens (tertiary/aromatic N) is 3. The van der Waals surface area contributed by atoms with Gasteiger partial charge in [0.2, 0.25) is 10.0 Å². The Morgan fingerprint density at radius 3 is 2.39 bits per heavy atom. The zero-order valence-electron chi connectivity index (χ0n) is 20.8. The molecule has 2 N–H and O–H groups in total. The Balaban J connectivity index is 1.64. The van der Waals surface area contributed by atoms with Crippen LogP contribution in [-0.4, -0.2) is 29.3 Å². The molecule has 0 spiro atoms. The predicted molar refractivity (Wildman–Crippen MR) is 158 cm³/mol. The molecule has 1 fully saturated rings. The second kappa shape index (κ2) is 10.2. The van der Waals surface area contributed by atoms with Crippen LogP contribution in [0.5, 0.6) is 0 Å². The number of benzene rings is 2. The molecule has 2 aromatic heterocycles. The highest BCUT2D eigenvalue weighted by Gasteiger charge is 2.42. The summed E-state index contributed by atoms with van der Waals surface area (Å²) in [6.07, 6.45) is 2.89. The molecule has 0 unspecified atom stereocenters. The summed E-state index contributed by atoms with van der Waals surface area (Å²) >= 11 is 18.6. The molecule has 0 aliphatic carbocycles. The van der Waals surface area contributed by atoms with E-state index in [0.717, 1.165) is 40.3 Å². The number of hydrogen-bond donors (Lipinski definition) is 2. The minimum Gasteiger partial charge on any atom is -0.351 e. The van der Waals surface area contributed by atoms with Gasteiger partial charge in [0.25, 0.3) is 0 Å². The summed E-state index contributed by atoms with van der Waals surface area (Å²) in [6, 6.07) is 20.1. The van der Waals surface area contributed by atoms with Gasteiger partial charge >= 0.3 is 0 Å². The first-order valence-electron chi connectivity index (χ1n) is 11.8. The van der Waals surface area contributed by atoms with E-state index in [1.165, 1.54) is 0 Å². The first-order valence-corrected chi connectivity index (χ1v) is 14.8. The molecule has 3 heterocycles. The molecular weight excluding hydrogens is 561 g/mol. The number of anilines is 2. The summed E-state index contributed by atoms with van der Waals surface area (Å²) in [6.45, 7) is 4.09. The summed E-state index contributed by atoms with van der Waals surface area (Å²) in [5, 5.41) is 5.14. The second-order valence-corrected chi connectivity index (χ2v) is 12.2. The fourth-order valence-electron chi connectivity index (χ4n) is 4.97. The fourth-order valence-corrected chi connectivity index (χ4v) is 6.38.